The molecule has 1 N–H and O–H groups in total. The molecule has 0 saturated heterocycles. The van der Waals surface area contributed by atoms with Crippen LogP contribution in [0.2, 0.25) is 0 Å². The van der Waals surface area contributed by atoms with Crippen LogP contribution in [0.15, 0.2) is 36.9 Å². The molecule has 1 amide bonds. The van der Waals surface area contributed by atoms with Crippen molar-refractivity contribution in [2.75, 3.05) is 5.32 Å². The smallest absolute Gasteiger partial charge is 0.226 e. The minimum atomic E-state index is -0.0417. The molecule has 6 heteroatoms. The molecule has 0 aliphatic heterocycles. The maximum absolute atomic E-state index is 11.9. The summed E-state index contributed by atoms with van der Waals surface area (Å²) in [4.78, 5) is 15.7. The van der Waals surface area contributed by atoms with Gasteiger partial charge in [-0.2, -0.15) is 5.10 Å². The van der Waals surface area contributed by atoms with E-state index in [1.807, 2.05) is 24.3 Å². The highest BCUT2D eigenvalue weighted by atomic mass is 16.5. The predicted molar refractivity (Wildman–Crippen MR) is 82.6 cm³/mol. The van der Waals surface area contributed by atoms with Gasteiger partial charge in [0.05, 0.1) is 12.6 Å². The monoisotopic (exact) mass is 300 g/mol. The molecule has 1 saturated carbocycles. The Labute approximate surface area is 129 Å². The minimum Gasteiger partial charge on any atom is -0.490 e. The second-order valence-electron chi connectivity index (χ2n) is 5.51. The Kier molecular flexibility index (Phi) is 4.68. The molecule has 1 aromatic carbocycles. The first kappa shape index (κ1) is 14.6. The van der Waals surface area contributed by atoms with E-state index in [1.165, 1.54) is 19.2 Å². The molecule has 2 aromatic rings. The van der Waals surface area contributed by atoms with Crippen LogP contribution < -0.4 is 10.1 Å². The molecule has 6 nitrogen and oxygen atoms in total. The van der Waals surface area contributed by atoms with Gasteiger partial charge in [-0.25, -0.2) is 4.98 Å². The number of carbonyl (C=O) groups excluding carboxylic acids is 1. The molecule has 0 spiro atoms. The van der Waals surface area contributed by atoms with Gasteiger partial charge in [0.15, 0.2) is 0 Å². The van der Waals surface area contributed by atoms with E-state index in [1.54, 1.807) is 11.0 Å². The van der Waals surface area contributed by atoms with Crippen LogP contribution in [-0.2, 0) is 11.3 Å². The Morgan fingerprint density at radius 2 is 2.05 bits per heavy atom. The van der Waals surface area contributed by atoms with E-state index in [0.29, 0.717) is 19.1 Å². The van der Waals surface area contributed by atoms with Gasteiger partial charge in [0.25, 0.3) is 0 Å². The van der Waals surface area contributed by atoms with E-state index < -0.39 is 0 Å². The van der Waals surface area contributed by atoms with Crippen LogP contribution in [0.5, 0.6) is 5.75 Å². The molecule has 0 radical (unpaired) electrons. The van der Waals surface area contributed by atoms with E-state index in [0.717, 1.165) is 24.3 Å². The van der Waals surface area contributed by atoms with Crippen LogP contribution in [0.25, 0.3) is 0 Å². The zero-order valence-corrected chi connectivity index (χ0v) is 12.4. The topological polar surface area (TPSA) is 69.0 Å². The van der Waals surface area contributed by atoms with Gasteiger partial charge in [-0.15, -0.1) is 0 Å². The summed E-state index contributed by atoms with van der Waals surface area (Å²) in [5, 5.41) is 6.83. The Balaban J connectivity index is 1.46. The summed E-state index contributed by atoms with van der Waals surface area (Å²) >= 11 is 0. The van der Waals surface area contributed by atoms with Crippen LogP contribution in [0.3, 0.4) is 0 Å². The van der Waals surface area contributed by atoms with Crippen LogP contribution in [-0.4, -0.2) is 26.8 Å². The minimum absolute atomic E-state index is 0.0417. The number of nitrogens with one attached hydrogen (secondary N) is 1. The van der Waals surface area contributed by atoms with E-state index in [4.69, 9.17) is 4.74 Å². The first-order valence-corrected chi connectivity index (χ1v) is 7.68. The average Bonchev–Trinajstić information content (AvgIpc) is 3.20. The number of nitrogens with zero attached hydrogens (tertiary/aromatic N) is 3. The van der Waals surface area contributed by atoms with Crippen molar-refractivity contribution < 1.29 is 9.53 Å². The zero-order valence-electron chi connectivity index (χ0n) is 12.4. The molecule has 0 bridgehead atoms. The number of carbonyl (C=O) groups is 1. The third-order valence-corrected chi connectivity index (χ3v) is 3.78. The summed E-state index contributed by atoms with van der Waals surface area (Å²) in [6.45, 7) is 0.523. The van der Waals surface area contributed by atoms with E-state index in [2.05, 4.69) is 15.4 Å². The Morgan fingerprint density at radius 1 is 1.27 bits per heavy atom. The number of aromatic nitrogens is 3. The third-order valence-electron chi connectivity index (χ3n) is 3.78. The molecule has 0 atom stereocenters. The molecule has 1 aromatic heterocycles. The number of amides is 1. The van der Waals surface area contributed by atoms with Crippen LogP contribution in [0, 0.1) is 0 Å². The number of hydrogen-bond donors (Lipinski definition) is 1. The number of anilines is 1. The molecule has 1 aliphatic rings. The lowest BCUT2D eigenvalue weighted by Crippen LogP contribution is -2.15. The molecular weight excluding hydrogens is 280 g/mol. The SMILES string of the molecule is O=C(CCn1cncn1)Nc1ccc(OC2CCCC2)cc1. The van der Waals surface area contributed by atoms with Crippen molar-refractivity contribution in [1.82, 2.24) is 14.8 Å². The lowest BCUT2D eigenvalue weighted by atomic mass is 10.2. The highest BCUT2D eigenvalue weighted by molar-refractivity contribution is 5.90. The third kappa shape index (κ3) is 4.07. The fourth-order valence-electron chi connectivity index (χ4n) is 2.60. The molecule has 1 heterocycles. The van der Waals surface area contributed by atoms with Crippen LogP contribution in [0.1, 0.15) is 32.1 Å². The lowest BCUT2D eigenvalue weighted by molar-refractivity contribution is -0.116. The molecular formula is C16H20N4O2. The summed E-state index contributed by atoms with van der Waals surface area (Å²) in [6.07, 6.45) is 8.56. The van der Waals surface area contributed by atoms with Gasteiger partial charge in [-0.05, 0) is 49.9 Å². The van der Waals surface area contributed by atoms with E-state index in [9.17, 15) is 4.79 Å². The van der Waals surface area contributed by atoms with Crippen molar-refractivity contribution in [3.8, 4) is 5.75 Å². The second-order valence-corrected chi connectivity index (χ2v) is 5.51. The first-order valence-electron chi connectivity index (χ1n) is 7.68. The fourth-order valence-corrected chi connectivity index (χ4v) is 2.60. The highest BCUT2D eigenvalue weighted by Crippen LogP contribution is 2.25. The number of ether oxygens (including phenoxy) is 1. The second kappa shape index (κ2) is 7.06. The van der Waals surface area contributed by atoms with Crippen molar-refractivity contribution in [3.05, 3.63) is 36.9 Å². The summed E-state index contributed by atoms with van der Waals surface area (Å²) in [5.41, 5.74) is 0.780. The van der Waals surface area contributed by atoms with Crippen LogP contribution >= 0.6 is 0 Å². The molecule has 3 rings (SSSR count). The van der Waals surface area contributed by atoms with Crippen molar-refractivity contribution >= 4 is 11.6 Å². The van der Waals surface area contributed by atoms with Gasteiger partial charge in [0.2, 0.25) is 5.91 Å². The predicted octanol–water partition coefficient (Wildman–Crippen LogP) is 2.63. The fraction of sp³-hybridized carbons (Fsp3) is 0.438. The maximum Gasteiger partial charge on any atom is 0.226 e. The first-order chi connectivity index (χ1) is 10.8. The van der Waals surface area contributed by atoms with Gasteiger partial charge in [-0.3, -0.25) is 9.48 Å². The standard InChI is InChI=1S/C16H20N4O2/c21-16(9-10-20-12-17-11-18-20)19-13-5-7-15(8-6-13)22-14-3-1-2-4-14/h5-8,11-12,14H,1-4,9-10H2,(H,19,21). The van der Waals surface area contributed by atoms with Gasteiger partial charge in [-0.1, -0.05) is 0 Å². The van der Waals surface area contributed by atoms with Crippen molar-refractivity contribution in [1.29, 1.82) is 0 Å². The van der Waals surface area contributed by atoms with E-state index in [-0.39, 0.29) is 5.91 Å². The molecule has 1 aliphatic carbocycles. The highest BCUT2D eigenvalue weighted by Gasteiger charge is 2.16. The normalized spacial score (nSPS) is 14.9. The van der Waals surface area contributed by atoms with Gasteiger partial charge in [0.1, 0.15) is 18.4 Å². The number of aryl methyl sites for hydroxylation is 1. The molecule has 0 unspecified atom stereocenters. The average molecular weight is 300 g/mol. The quantitative estimate of drug-likeness (QED) is 0.890. The summed E-state index contributed by atoms with van der Waals surface area (Å²) in [6, 6.07) is 7.56. The van der Waals surface area contributed by atoms with Gasteiger partial charge >= 0.3 is 0 Å². The summed E-state index contributed by atoms with van der Waals surface area (Å²) in [5.74, 6) is 0.826. The van der Waals surface area contributed by atoms with Gasteiger partial charge in [0, 0.05) is 12.1 Å². The maximum atomic E-state index is 11.9. The number of benzene rings is 1. The molecule has 116 valence electrons. The van der Waals surface area contributed by atoms with Crippen molar-refractivity contribution in [2.45, 2.75) is 44.8 Å². The lowest BCUT2D eigenvalue weighted by Gasteiger charge is -2.13. The zero-order chi connectivity index (χ0) is 15.2. The van der Waals surface area contributed by atoms with Gasteiger partial charge < -0.3 is 10.1 Å². The Bertz CT molecular complexity index is 589. The van der Waals surface area contributed by atoms with Crippen molar-refractivity contribution in [3.63, 3.8) is 0 Å². The number of hydrogen-bond acceptors (Lipinski definition) is 4. The Morgan fingerprint density at radius 3 is 2.73 bits per heavy atom. The molecule has 22 heavy (non-hydrogen) atoms. The largest absolute Gasteiger partial charge is 0.490 e. The molecule has 1 fully saturated rings. The van der Waals surface area contributed by atoms with E-state index >= 15 is 0 Å². The summed E-state index contributed by atoms with van der Waals surface area (Å²) in [7, 11) is 0. The Hall–Kier alpha value is -2.37. The van der Waals surface area contributed by atoms with Crippen molar-refractivity contribution in [2.24, 2.45) is 0 Å². The summed E-state index contributed by atoms with van der Waals surface area (Å²) < 4.78 is 7.54. The van der Waals surface area contributed by atoms with Crippen LogP contribution in [0.4, 0.5) is 5.69 Å². The number of rotatable bonds is 6.